The minimum Gasteiger partial charge on any atom is -0.236 e. The van der Waals surface area contributed by atoms with Crippen LogP contribution in [0.3, 0.4) is 0 Å². The average Bonchev–Trinajstić information content (AvgIpc) is 2.76. The maximum atomic E-state index is 4.60. The van der Waals surface area contributed by atoms with Crippen LogP contribution in [0, 0.1) is 0 Å². The molecule has 29 heavy (non-hydrogen) atoms. The standard InChI is InChI=1S/C26H40N2S/c1-3-5-7-9-11-13-15-23-21-27-26(28-22-23)24-16-18-25(19-17-24)29-20-14-12-10-8-6-4-2/h16-19,21-22H,3-15,20H2,1-2H3. The molecule has 2 aromatic rings. The van der Waals surface area contributed by atoms with Gasteiger partial charge in [0.25, 0.3) is 0 Å². The first kappa shape index (κ1) is 23.9. The summed E-state index contributed by atoms with van der Waals surface area (Å²) >= 11 is 1.97. The highest BCUT2D eigenvalue weighted by Gasteiger charge is 2.03. The van der Waals surface area contributed by atoms with Gasteiger partial charge in [0.2, 0.25) is 0 Å². The lowest BCUT2D eigenvalue weighted by Gasteiger charge is -2.05. The summed E-state index contributed by atoms with van der Waals surface area (Å²) in [5.41, 5.74) is 2.37. The molecule has 3 heteroatoms. The SMILES string of the molecule is CCCCCCCCSc1ccc(-c2ncc(CCCCCCCC)cn2)cc1. The highest BCUT2D eigenvalue weighted by molar-refractivity contribution is 7.99. The first-order chi connectivity index (χ1) is 14.3. The fourth-order valence-electron chi connectivity index (χ4n) is 3.52. The minimum atomic E-state index is 0.837. The summed E-state index contributed by atoms with van der Waals surface area (Å²) in [4.78, 5) is 10.5. The van der Waals surface area contributed by atoms with E-state index in [0.29, 0.717) is 0 Å². The van der Waals surface area contributed by atoms with Gasteiger partial charge >= 0.3 is 0 Å². The van der Waals surface area contributed by atoms with E-state index >= 15 is 0 Å². The fraction of sp³-hybridized carbons (Fsp3) is 0.615. The highest BCUT2D eigenvalue weighted by atomic mass is 32.2. The molecule has 0 saturated heterocycles. The van der Waals surface area contributed by atoms with Crippen molar-refractivity contribution in [2.24, 2.45) is 0 Å². The van der Waals surface area contributed by atoms with Gasteiger partial charge in [-0.05, 0) is 42.7 Å². The van der Waals surface area contributed by atoms with E-state index < -0.39 is 0 Å². The molecular weight excluding hydrogens is 372 g/mol. The molecule has 1 aromatic carbocycles. The second-order valence-corrected chi connectivity index (χ2v) is 9.24. The molecule has 0 aliphatic rings. The molecule has 0 bridgehead atoms. The molecule has 0 N–H and O–H groups in total. The number of thioether (sulfide) groups is 1. The van der Waals surface area contributed by atoms with Crippen LogP contribution in [0.2, 0.25) is 0 Å². The monoisotopic (exact) mass is 412 g/mol. The van der Waals surface area contributed by atoms with E-state index in [1.807, 2.05) is 24.2 Å². The largest absolute Gasteiger partial charge is 0.236 e. The van der Waals surface area contributed by atoms with E-state index in [1.165, 1.54) is 93.3 Å². The molecule has 1 heterocycles. The quantitative estimate of drug-likeness (QED) is 0.204. The molecule has 0 radical (unpaired) electrons. The molecule has 0 fully saturated rings. The second-order valence-electron chi connectivity index (χ2n) is 8.07. The number of rotatable bonds is 16. The molecule has 0 aliphatic heterocycles. The van der Waals surface area contributed by atoms with Gasteiger partial charge in [-0.15, -0.1) is 11.8 Å². The van der Waals surface area contributed by atoms with Crippen molar-refractivity contribution in [2.45, 2.75) is 102 Å². The van der Waals surface area contributed by atoms with Crippen molar-refractivity contribution in [1.29, 1.82) is 0 Å². The Balaban J connectivity index is 1.68. The Morgan fingerprint density at radius 1 is 0.655 bits per heavy atom. The molecule has 0 amide bonds. The number of nitrogens with zero attached hydrogens (tertiary/aromatic N) is 2. The van der Waals surface area contributed by atoms with Gasteiger partial charge < -0.3 is 0 Å². The van der Waals surface area contributed by atoms with E-state index in [4.69, 9.17) is 0 Å². The summed E-state index contributed by atoms with van der Waals surface area (Å²) in [5, 5.41) is 0. The Bertz CT molecular complexity index is 637. The predicted molar refractivity (Wildman–Crippen MR) is 129 cm³/mol. The van der Waals surface area contributed by atoms with Crippen LogP contribution in [-0.4, -0.2) is 15.7 Å². The summed E-state index contributed by atoms with van der Waals surface area (Å²) in [6, 6.07) is 8.74. The molecule has 160 valence electrons. The van der Waals surface area contributed by atoms with Gasteiger partial charge in [0.15, 0.2) is 5.82 Å². The zero-order valence-corrected chi connectivity index (χ0v) is 19.5. The molecule has 0 atom stereocenters. The van der Waals surface area contributed by atoms with Gasteiger partial charge in [-0.2, -0.15) is 0 Å². The molecule has 1 aromatic heterocycles. The van der Waals surface area contributed by atoms with E-state index in [2.05, 4.69) is 48.1 Å². The van der Waals surface area contributed by atoms with E-state index in [0.717, 1.165) is 17.8 Å². The number of aryl methyl sites for hydroxylation is 1. The van der Waals surface area contributed by atoms with Crippen LogP contribution in [-0.2, 0) is 6.42 Å². The minimum absolute atomic E-state index is 0.837. The number of hydrogen-bond acceptors (Lipinski definition) is 3. The summed E-state index contributed by atoms with van der Waals surface area (Å²) in [6.45, 7) is 4.54. The average molecular weight is 413 g/mol. The number of benzene rings is 1. The van der Waals surface area contributed by atoms with Crippen LogP contribution in [0.15, 0.2) is 41.6 Å². The second kappa shape index (κ2) is 15.5. The van der Waals surface area contributed by atoms with Crippen molar-refractivity contribution in [3.8, 4) is 11.4 Å². The highest BCUT2D eigenvalue weighted by Crippen LogP contribution is 2.23. The normalized spacial score (nSPS) is 11.1. The van der Waals surface area contributed by atoms with Crippen molar-refractivity contribution in [1.82, 2.24) is 9.97 Å². The zero-order valence-electron chi connectivity index (χ0n) is 18.7. The summed E-state index contributed by atoms with van der Waals surface area (Å²) < 4.78 is 0. The van der Waals surface area contributed by atoms with E-state index in [-0.39, 0.29) is 0 Å². The molecule has 2 rings (SSSR count). The van der Waals surface area contributed by atoms with Gasteiger partial charge in [-0.3, -0.25) is 0 Å². The Morgan fingerprint density at radius 2 is 1.21 bits per heavy atom. The van der Waals surface area contributed by atoms with Crippen molar-refractivity contribution in [3.05, 3.63) is 42.2 Å². The van der Waals surface area contributed by atoms with E-state index in [1.54, 1.807) is 0 Å². The topological polar surface area (TPSA) is 25.8 Å². The van der Waals surface area contributed by atoms with Crippen LogP contribution < -0.4 is 0 Å². The maximum Gasteiger partial charge on any atom is 0.159 e. The lowest BCUT2D eigenvalue weighted by atomic mass is 10.1. The van der Waals surface area contributed by atoms with Crippen molar-refractivity contribution < 1.29 is 0 Å². The van der Waals surface area contributed by atoms with Crippen LogP contribution in [0.1, 0.15) is 96.5 Å². The molecule has 0 spiro atoms. The maximum absolute atomic E-state index is 4.60. The first-order valence-corrected chi connectivity index (χ1v) is 12.9. The summed E-state index contributed by atoms with van der Waals surface area (Å²) in [7, 11) is 0. The van der Waals surface area contributed by atoms with Crippen molar-refractivity contribution in [2.75, 3.05) is 5.75 Å². The lowest BCUT2D eigenvalue weighted by molar-refractivity contribution is 0.607. The van der Waals surface area contributed by atoms with Crippen molar-refractivity contribution in [3.63, 3.8) is 0 Å². The number of aromatic nitrogens is 2. The van der Waals surface area contributed by atoms with Crippen LogP contribution in [0.4, 0.5) is 0 Å². The zero-order chi connectivity index (χ0) is 20.6. The Kier molecular flexibility index (Phi) is 12.8. The third kappa shape index (κ3) is 10.3. The molecule has 2 nitrogen and oxygen atoms in total. The number of unbranched alkanes of at least 4 members (excludes halogenated alkanes) is 10. The molecule has 0 aliphatic carbocycles. The fourth-order valence-corrected chi connectivity index (χ4v) is 4.43. The Labute approximate surface area is 183 Å². The molecule has 0 unspecified atom stereocenters. The van der Waals surface area contributed by atoms with Gasteiger partial charge in [0.1, 0.15) is 0 Å². The van der Waals surface area contributed by atoms with Crippen LogP contribution in [0.25, 0.3) is 11.4 Å². The Morgan fingerprint density at radius 3 is 1.83 bits per heavy atom. The predicted octanol–water partition coefficient (Wildman–Crippen LogP) is 8.50. The van der Waals surface area contributed by atoms with Gasteiger partial charge in [-0.1, -0.05) is 90.2 Å². The van der Waals surface area contributed by atoms with E-state index in [9.17, 15) is 0 Å². The number of hydrogen-bond donors (Lipinski definition) is 0. The van der Waals surface area contributed by atoms with Crippen LogP contribution >= 0.6 is 11.8 Å². The lowest BCUT2D eigenvalue weighted by Crippen LogP contribution is -1.93. The first-order valence-electron chi connectivity index (χ1n) is 11.9. The van der Waals surface area contributed by atoms with Gasteiger partial charge in [0.05, 0.1) is 0 Å². The molecular formula is C26H40N2S. The van der Waals surface area contributed by atoms with Crippen molar-refractivity contribution >= 4 is 11.8 Å². The third-order valence-electron chi connectivity index (χ3n) is 5.40. The summed E-state index contributed by atoms with van der Waals surface area (Å²) in [6.07, 6.45) is 21.3. The van der Waals surface area contributed by atoms with Crippen LogP contribution in [0.5, 0.6) is 0 Å². The smallest absolute Gasteiger partial charge is 0.159 e. The Hall–Kier alpha value is -1.35. The third-order valence-corrected chi connectivity index (χ3v) is 6.50. The van der Waals surface area contributed by atoms with Gasteiger partial charge in [0, 0.05) is 22.9 Å². The molecule has 0 saturated carbocycles. The summed E-state index contributed by atoms with van der Waals surface area (Å²) in [5.74, 6) is 2.05. The van der Waals surface area contributed by atoms with Gasteiger partial charge in [-0.25, -0.2) is 9.97 Å².